The summed E-state index contributed by atoms with van der Waals surface area (Å²) in [6.45, 7) is 6.11. The molecule has 2 aromatic carbocycles. The molecule has 0 heterocycles. The van der Waals surface area contributed by atoms with Crippen LogP contribution in [0.1, 0.15) is 35.3 Å². The lowest BCUT2D eigenvalue weighted by Crippen LogP contribution is -2.49. The van der Waals surface area contributed by atoms with Crippen LogP contribution in [0.15, 0.2) is 42.5 Å². The second-order valence-electron chi connectivity index (χ2n) is 6.95. The number of carbonyl (C=O) groups excluding carboxylic acids is 2. The van der Waals surface area contributed by atoms with Crippen molar-refractivity contribution in [2.75, 3.05) is 14.2 Å². The average molecular weight is 384 g/mol. The van der Waals surface area contributed by atoms with Gasteiger partial charge in [-0.1, -0.05) is 26.0 Å². The molecule has 150 valence electrons. The molecular formula is C22H28N2O4. The van der Waals surface area contributed by atoms with Crippen molar-refractivity contribution in [3.05, 3.63) is 59.2 Å². The molecule has 0 radical (unpaired) electrons. The van der Waals surface area contributed by atoms with E-state index < -0.39 is 6.04 Å². The Morgan fingerprint density at radius 2 is 1.68 bits per heavy atom. The largest absolute Gasteiger partial charge is 0.497 e. The molecular weight excluding hydrogens is 356 g/mol. The van der Waals surface area contributed by atoms with Crippen LogP contribution in [0.3, 0.4) is 0 Å². The average Bonchev–Trinajstić information content (AvgIpc) is 2.70. The van der Waals surface area contributed by atoms with Gasteiger partial charge in [-0.25, -0.2) is 0 Å². The highest BCUT2D eigenvalue weighted by Gasteiger charge is 2.24. The minimum atomic E-state index is -0.637. The van der Waals surface area contributed by atoms with Crippen molar-refractivity contribution in [3.63, 3.8) is 0 Å². The molecule has 0 aromatic heterocycles. The molecule has 2 amide bonds. The summed E-state index contributed by atoms with van der Waals surface area (Å²) in [6, 6.07) is 11.9. The molecule has 6 heteroatoms. The number of methoxy groups -OCH3 is 2. The molecule has 0 spiro atoms. The molecule has 2 aromatic rings. The van der Waals surface area contributed by atoms with Crippen LogP contribution < -0.4 is 20.1 Å². The Morgan fingerprint density at radius 1 is 1.00 bits per heavy atom. The number of benzene rings is 2. The number of hydrogen-bond donors (Lipinski definition) is 2. The fourth-order valence-electron chi connectivity index (χ4n) is 2.78. The highest BCUT2D eigenvalue weighted by atomic mass is 16.5. The fraction of sp³-hybridized carbons (Fsp3) is 0.364. The number of amides is 2. The number of rotatable bonds is 8. The Bertz CT molecular complexity index is 816. The first-order chi connectivity index (χ1) is 13.3. The van der Waals surface area contributed by atoms with Gasteiger partial charge < -0.3 is 20.1 Å². The van der Waals surface area contributed by atoms with Gasteiger partial charge in [0.25, 0.3) is 5.91 Å². The zero-order chi connectivity index (χ0) is 20.7. The maximum atomic E-state index is 12.7. The predicted molar refractivity (Wildman–Crippen MR) is 109 cm³/mol. The third-order valence-electron chi connectivity index (χ3n) is 4.53. The van der Waals surface area contributed by atoms with Gasteiger partial charge >= 0.3 is 0 Å². The first-order valence-electron chi connectivity index (χ1n) is 9.21. The van der Waals surface area contributed by atoms with E-state index in [1.54, 1.807) is 38.5 Å². The van der Waals surface area contributed by atoms with Crippen LogP contribution in [0.4, 0.5) is 0 Å². The maximum Gasteiger partial charge on any atom is 0.251 e. The Balaban J connectivity index is 2.01. The number of ether oxygens (including phenoxy) is 2. The van der Waals surface area contributed by atoms with Gasteiger partial charge in [0.1, 0.15) is 17.5 Å². The number of carbonyl (C=O) groups is 2. The molecule has 2 N–H and O–H groups in total. The normalized spacial score (nSPS) is 11.6. The van der Waals surface area contributed by atoms with Gasteiger partial charge in [-0.15, -0.1) is 0 Å². The minimum absolute atomic E-state index is 0.0604. The van der Waals surface area contributed by atoms with E-state index in [4.69, 9.17) is 9.47 Å². The Labute approximate surface area is 166 Å². The molecule has 0 fully saturated rings. The smallest absolute Gasteiger partial charge is 0.251 e. The predicted octanol–water partition coefficient (Wildman–Crippen LogP) is 3.08. The van der Waals surface area contributed by atoms with Crippen molar-refractivity contribution < 1.29 is 19.1 Å². The van der Waals surface area contributed by atoms with Crippen molar-refractivity contribution in [1.82, 2.24) is 10.6 Å². The lowest BCUT2D eigenvalue weighted by molar-refractivity contribution is -0.124. The molecule has 1 unspecified atom stereocenters. The van der Waals surface area contributed by atoms with Crippen LogP contribution in [0, 0.1) is 12.8 Å². The summed E-state index contributed by atoms with van der Waals surface area (Å²) in [5.74, 6) is 0.864. The topological polar surface area (TPSA) is 76.7 Å². The van der Waals surface area contributed by atoms with Gasteiger partial charge in [-0.3, -0.25) is 9.59 Å². The molecule has 0 saturated carbocycles. The van der Waals surface area contributed by atoms with E-state index >= 15 is 0 Å². The summed E-state index contributed by atoms with van der Waals surface area (Å²) in [5, 5.41) is 5.72. The quantitative estimate of drug-likeness (QED) is 0.733. The summed E-state index contributed by atoms with van der Waals surface area (Å²) in [6.07, 6.45) is 0. The summed E-state index contributed by atoms with van der Waals surface area (Å²) >= 11 is 0. The van der Waals surface area contributed by atoms with E-state index in [2.05, 4.69) is 10.6 Å². The van der Waals surface area contributed by atoms with Crippen molar-refractivity contribution in [3.8, 4) is 11.5 Å². The lowest BCUT2D eigenvalue weighted by Gasteiger charge is -2.22. The van der Waals surface area contributed by atoms with Gasteiger partial charge in [0, 0.05) is 12.1 Å². The molecule has 0 aliphatic rings. The Kier molecular flexibility index (Phi) is 7.44. The molecule has 0 saturated heterocycles. The van der Waals surface area contributed by atoms with Crippen molar-refractivity contribution in [1.29, 1.82) is 0 Å². The van der Waals surface area contributed by atoms with Gasteiger partial charge in [0.15, 0.2) is 0 Å². The minimum Gasteiger partial charge on any atom is -0.497 e. The zero-order valence-corrected chi connectivity index (χ0v) is 17.0. The van der Waals surface area contributed by atoms with Gasteiger partial charge in [0.2, 0.25) is 5.91 Å². The van der Waals surface area contributed by atoms with E-state index in [0.29, 0.717) is 17.9 Å². The molecule has 6 nitrogen and oxygen atoms in total. The van der Waals surface area contributed by atoms with Gasteiger partial charge in [-0.2, -0.15) is 0 Å². The molecule has 2 rings (SSSR count). The maximum absolute atomic E-state index is 12.7. The van der Waals surface area contributed by atoms with Crippen LogP contribution in [0.25, 0.3) is 0 Å². The van der Waals surface area contributed by atoms with Crippen LogP contribution in [0.2, 0.25) is 0 Å². The van der Waals surface area contributed by atoms with E-state index in [1.165, 1.54) is 0 Å². The summed E-state index contributed by atoms with van der Waals surface area (Å²) < 4.78 is 10.4. The number of nitrogens with one attached hydrogen (secondary N) is 2. The fourth-order valence-corrected chi connectivity index (χ4v) is 2.78. The number of aryl methyl sites for hydroxylation is 1. The third kappa shape index (κ3) is 5.49. The van der Waals surface area contributed by atoms with Crippen LogP contribution in [0.5, 0.6) is 11.5 Å². The molecule has 0 aliphatic heterocycles. The van der Waals surface area contributed by atoms with Crippen molar-refractivity contribution in [2.45, 2.75) is 33.4 Å². The van der Waals surface area contributed by atoms with E-state index in [1.807, 2.05) is 39.0 Å². The van der Waals surface area contributed by atoms with Crippen molar-refractivity contribution in [2.24, 2.45) is 5.92 Å². The first-order valence-corrected chi connectivity index (χ1v) is 9.21. The molecule has 0 aliphatic carbocycles. The molecule has 28 heavy (non-hydrogen) atoms. The highest BCUT2D eigenvalue weighted by Crippen LogP contribution is 2.19. The Hall–Kier alpha value is -3.02. The first kappa shape index (κ1) is 21.3. The van der Waals surface area contributed by atoms with E-state index in [0.717, 1.165) is 16.9 Å². The summed E-state index contributed by atoms with van der Waals surface area (Å²) in [5.41, 5.74) is 2.44. The van der Waals surface area contributed by atoms with E-state index in [-0.39, 0.29) is 17.7 Å². The molecule has 1 atom stereocenters. The van der Waals surface area contributed by atoms with Crippen LogP contribution in [-0.4, -0.2) is 32.1 Å². The summed E-state index contributed by atoms with van der Waals surface area (Å²) in [7, 11) is 3.19. The molecule has 0 bridgehead atoms. The van der Waals surface area contributed by atoms with Gasteiger partial charge in [0.05, 0.1) is 14.2 Å². The standard InChI is InChI=1S/C22H28N2O4/c1-14(2)20(24-21(25)17-8-10-18(27-4)11-9-17)22(26)23-13-16-7-6-15(3)19(12-16)28-5/h6-12,14,20H,13H2,1-5H3,(H,23,26)(H,24,25). The second-order valence-corrected chi connectivity index (χ2v) is 6.95. The second kappa shape index (κ2) is 9.78. The highest BCUT2D eigenvalue weighted by molar-refractivity contribution is 5.97. The SMILES string of the molecule is COc1ccc(C(=O)NC(C(=O)NCc2ccc(C)c(OC)c2)C(C)C)cc1. The lowest BCUT2D eigenvalue weighted by atomic mass is 10.0. The Morgan fingerprint density at radius 3 is 2.25 bits per heavy atom. The van der Waals surface area contributed by atoms with Gasteiger partial charge in [-0.05, 0) is 54.3 Å². The van der Waals surface area contributed by atoms with Crippen LogP contribution in [-0.2, 0) is 11.3 Å². The monoisotopic (exact) mass is 384 g/mol. The van der Waals surface area contributed by atoms with Crippen molar-refractivity contribution >= 4 is 11.8 Å². The zero-order valence-electron chi connectivity index (χ0n) is 17.0. The summed E-state index contributed by atoms with van der Waals surface area (Å²) in [4.78, 5) is 25.2. The van der Waals surface area contributed by atoms with Crippen LogP contribution >= 0.6 is 0 Å². The van der Waals surface area contributed by atoms with E-state index in [9.17, 15) is 9.59 Å². The number of hydrogen-bond acceptors (Lipinski definition) is 4. The third-order valence-corrected chi connectivity index (χ3v) is 4.53.